The van der Waals surface area contributed by atoms with Gasteiger partial charge >= 0.3 is 0 Å². The molecule has 0 radical (unpaired) electrons. The van der Waals surface area contributed by atoms with Crippen molar-refractivity contribution in [3.63, 3.8) is 0 Å². The summed E-state index contributed by atoms with van der Waals surface area (Å²) in [6.45, 7) is 10.4. The molecule has 0 spiro atoms. The van der Waals surface area contributed by atoms with E-state index in [4.69, 9.17) is 0 Å². The Kier molecular flexibility index (Phi) is 3.88. The summed E-state index contributed by atoms with van der Waals surface area (Å²) in [5.74, 6) is 0. The highest BCUT2D eigenvalue weighted by atomic mass is 32.1. The molecule has 3 nitrogen and oxygen atoms in total. The average Bonchev–Trinajstić information content (AvgIpc) is 2.85. The van der Waals surface area contributed by atoms with E-state index in [1.165, 1.54) is 10.6 Å². The predicted octanol–water partition coefficient (Wildman–Crippen LogP) is 3.19. The van der Waals surface area contributed by atoms with Crippen LogP contribution in [-0.2, 0) is 13.1 Å². The van der Waals surface area contributed by atoms with Gasteiger partial charge in [0.05, 0.1) is 11.6 Å². The van der Waals surface area contributed by atoms with Gasteiger partial charge in [0.15, 0.2) is 0 Å². The van der Waals surface area contributed by atoms with Gasteiger partial charge in [-0.05, 0) is 39.8 Å². The standard InChI is InChI=1S/C14H21N3S/c1-11-15-9-13(18-11)10-17-7-5-6-12(17)8-16-14(2,3)4/h5-7,9,16H,8,10H2,1-4H3. The van der Waals surface area contributed by atoms with Crippen molar-refractivity contribution in [2.24, 2.45) is 0 Å². The monoisotopic (exact) mass is 263 g/mol. The lowest BCUT2D eigenvalue weighted by Gasteiger charge is -2.21. The first-order valence-electron chi connectivity index (χ1n) is 6.24. The molecule has 0 aliphatic carbocycles. The molecule has 0 aliphatic heterocycles. The van der Waals surface area contributed by atoms with Crippen LogP contribution in [0.25, 0.3) is 0 Å². The molecular formula is C14H21N3S. The third-order valence-corrected chi connectivity index (χ3v) is 3.62. The van der Waals surface area contributed by atoms with E-state index in [1.54, 1.807) is 11.3 Å². The van der Waals surface area contributed by atoms with E-state index in [0.717, 1.165) is 18.1 Å². The van der Waals surface area contributed by atoms with Crippen molar-refractivity contribution >= 4 is 11.3 Å². The SMILES string of the molecule is Cc1ncc(Cn2cccc2CNC(C)(C)C)s1. The molecule has 18 heavy (non-hydrogen) atoms. The van der Waals surface area contributed by atoms with E-state index in [2.05, 4.69) is 54.0 Å². The molecule has 0 amide bonds. The van der Waals surface area contributed by atoms with Crippen LogP contribution in [0.5, 0.6) is 0 Å². The lowest BCUT2D eigenvalue weighted by Crippen LogP contribution is -2.35. The molecule has 0 saturated heterocycles. The van der Waals surface area contributed by atoms with Crippen LogP contribution in [0.3, 0.4) is 0 Å². The molecule has 98 valence electrons. The van der Waals surface area contributed by atoms with E-state index < -0.39 is 0 Å². The average molecular weight is 263 g/mol. The second-order valence-corrected chi connectivity index (χ2v) is 6.90. The van der Waals surface area contributed by atoms with Gasteiger partial charge in [0.2, 0.25) is 0 Å². The minimum absolute atomic E-state index is 0.149. The highest BCUT2D eigenvalue weighted by Crippen LogP contribution is 2.15. The summed E-state index contributed by atoms with van der Waals surface area (Å²) < 4.78 is 2.28. The van der Waals surface area contributed by atoms with E-state index in [0.29, 0.717) is 0 Å². The number of nitrogens with zero attached hydrogens (tertiary/aromatic N) is 2. The summed E-state index contributed by atoms with van der Waals surface area (Å²) in [4.78, 5) is 5.61. The molecule has 0 bridgehead atoms. The van der Waals surface area contributed by atoms with E-state index in [9.17, 15) is 0 Å². The maximum atomic E-state index is 4.30. The molecule has 2 aromatic heterocycles. The first-order valence-corrected chi connectivity index (χ1v) is 7.06. The molecule has 2 aromatic rings. The first-order chi connectivity index (χ1) is 8.44. The molecule has 0 aromatic carbocycles. The van der Waals surface area contributed by atoms with Crippen LogP contribution in [0.15, 0.2) is 24.5 Å². The number of aryl methyl sites for hydroxylation is 1. The molecule has 0 saturated carbocycles. The number of thiazole rings is 1. The number of aromatic nitrogens is 2. The number of hydrogen-bond donors (Lipinski definition) is 1. The molecule has 2 heterocycles. The Morgan fingerprint density at radius 3 is 2.78 bits per heavy atom. The van der Waals surface area contributed by atoms with Crippen LogP contribution < -0.4 is 5.32 Å². The second kappa shape index (κ2) is 5.24. The Morgan fingerprint density at radius 2 is 2.17 bits per heavy atom. The van der Waals surface area contributed by atoms with Crippen molar-refractivity contribution in [2.75, 3.05) is 0 Å². The molecule has 1 N–H and O–H groups in total. The highest BCUT2D eigenvalue weighted by molar-refractivity contribution is 7.11. The molecule has 2 rings (SSSR count). The fraction of sp³-hybridized carbons (Fsp3) is 0.500. The zero-order valence-corrected chi connectivity index (χ0v) is 12.3. The Morgan fingerprint density at radius 1 is 1.39 bits per heavy atom. The molecular weight excluding hydrogens is 242 g/mol. The summed E-state index contributed by atoms with van der Waals surface area (Å²) in [6.07, 6.45) is 4.11. The summed E-state index contributed by atoms with van der Waals surface area (Å²) in [6, 6.07) is 4.28. The fourth-order valence-corrected chi connectivity index (χ4v) is 2.56. The van der Waals surface area contributed by atoms with Crippen molar-refractivity contribution in [3.05, 3.63) is 40.1 Å². The molecule has 0 aliphatic rings. The van der Waals surface area contributed by atoms with Crippen molar-refractivity contribution in [1.29, 1.82) is 0 Å². The maximum absolute atomic E-state index is 4.30. The van der Waals surface area contributed by atoms with Gasteiger partial charge in [0, 0.05) is 35.0 Å². The predicted molar refractivity (Wildman–Crippen MR) is 77.0 cm³/mol. The topological polar surface area (TPSA) is 29.9 Å². The Balaban J connectivity index is 2.03. The van der Waals surface area contributed by atoms with E-state index >= 15 is 0 Å². The van der Waals surface area contributed by atoms with E-state index in [-0.39, 0.29) is 5.54 Å². The van der Waals surface area contributed by atoms with Gasteiger partial charge in [-0.15, -0.1) is 11.3 Å². The van der Waals surface area contributed by atoms with Crippen molar-refractivity contribution < 1.29 is 0 Å². The number of rotatable bonds is 4. The minimum atomic E-state index is 0.149. The smallest absolute Gasteiger partial charge is 0.0897 e. The van der Waals surface area contributed by atoms with Crippen molar-refractivity contribution in [2.45, 2.75) is 46.3 Å². The van der Waals surface area contributed by atoms with Gasteiger partial charge in [-0.2, -0.15) is 0 Å². The van der Waals surface area contributed by atoms with Crippen LogP contribution in [0.1, 0.15) is 36.3 Å². The van der Waals surface area contributed by atoms with Crippen LogP contribution in [0.2, 0.25) is 0 Å². The van der Waals surface area contributed by atoms with Gasteiger partial charge in [-0.1, -0.05) is 0 Å². The minimum Gasteiger partial charge on any atom is -0.345 e. The molecule has 4 heteroatoms. The summed E-state index contributed by atoms with van der Waals surface area (Å²) in [5.41, 5.74) is 1.46. The van der Waals surface area contributed by atoms with Crippen LogP contribution in [0, 0.1) is 6.92 Å². The Bertz CT molecular complexity index is 505. The maximum Gasteiger partial charge on any atom is 0.0897 e. The largest absolute Gasteiger partial charge is 0.345 e. The quantitative estimate of drug-likeness (QED) is 0.918. The zero-order valence-electron chi connectivity index (χ0n) is 11.5. The van der Waals surface area contributed by atoms with Gasteiger partial charge in [0.25, 0.3) is 0 Å². The second-order valence-electron chi connectivity index (χ2n) is 5.58. The summed E-state index contributed by atoms with van der Waals surface area (Å²) in [7, 11) is 0. The lowest BCUT2D eigenvalue weighted by molar-refractivity contribution is 0.417. The Labute approximate surface area is 113 Å². The zero-order chi connectivity index (χ0) is 13.2. The first kappa shape index (κ1) is 13.3. The number of hydrogen-bond acceptors (Lipinski definition) is 3. The van der Waals surface area contributed by atoms with Crippen molar-refractivity contribution in [1.82, 2.24) is 14.9 Å². The van der Waals surface area contributed by atoms with Gasteiger partial charge in [-0.25, -0.2) is 4.98 Å². The summed E-state index contributed by atoms with van der Waals surface area (Å²) >= 11 is 1.77. The van der Waals surface area contributed by atoms with Crippen LogP contribution >= 0.6 is 11.3 Å². The molecule has 0 fully saturated rings. The normalized spacial score (nSPS) is 12.0. The van der Waals surface area contributed by atoms with Crippen LogP contribution in [-0.4, -0.2) is 15.1 Å². The van der Waals surface area contributed by atoms with Crippen molar-refractivity contribution in [3.8, 4) is 0 Å². The molecule has 0 atom stereocenters. The third kappa shape index (κ3) is 3.68. The lowest BCUT2D eigenvalue weighted by atomic mass is 10.1. The summed E-state index contributed by atoms with van der Waals surface area (Å²) in [5, 5.41) is 4.65. The highest BCUT2D eigenvalue weighted by Gasteiger charge is 2.10. The fourth-order valence-electron chi connectivity index (χ4n) is 1.77. The third-order valence-electron chi connectivity index (χ3n) is 2.72. The van der Waals surface area contributed by atoms with E-state index in [1.807, 2.05) is 13.1 Å². The Hall–Kier alpha value is -1.13. The van der Waals surface area contributed by atoms with Crippen LogP contribution in [0.4, 0.5) is 0 Å². The van der Waals surface area contributed by atoms with Gasteiger partial charge in [-0.3, -0.25) is 0 Å². The van der Waals surface area contributed by atoms with Gasteiger partial charge < -0.3 is 9.88 Å². The number of nitrogens with one attached hydrogen (secondary N) is 1. The van der Waals surface area contributed by atoms with Gasteiger partial charge in [0.1, 0.15) is 0 Å². The molecule has 0 unspecified atom stereocenters.